The van der Waals surface area contributed by atoms with E-state index in [4.69, 9.17) is 5.73 Å². The van der Waals surface area contributed by atoms with Crippen molar-refractivity contribution in [1.82, 2.24) is 15.0 Å². The van der Waals surface area contributed by atoms with Gasteiger partial charge in [0.1, 0.15) is 5.82 Å². The van der Waals surface area contributed by atoms with Crippen molar-refractivity contribution in [2.75, 3.05) is 5.73 Å². The quantitative estimate of drug-likeness (QED) is 0.689. The number of halogens is 1. The number of nitrogen functional groups attached to an aromatic ring is 1. The molecule has 0 saturated carbocycles. The van der Waals surface area contributed by atoms with Gasteiger partial charge in [-0.2, -0.15) is 0 Å². The molecular formula is C16H13FN4O2. The molecule has 0 unspecified atom stereocenters. The lowest BCUT2D eigenvalue weighted by atomic mass is 10.0. The maximum Gasteiger partial charge on any atom is 0.337 e. The summed E-state index contributed by atoms with van der Waals surface area (Å²) < 4.78 is 13.5. The first kappa shape index (κ1) is 14.7. The van der Waals surface area contributed by atoms with Gasteiger partial charge in [-0.3, -0.25) is 0 Å². The van der Waals surface area contributed by atoms with E-state index in [-0.39, 0.29) is 11.5 Å². The largest absolute Gasteiger partial charge is 0.478 e. The second kappa shape index (κ2) is 5.53. The van der Waals surface area contributed by atoms with Crippen LogP contribution in [0.25, 0.3) is 22.6 Å². The Balaban J connectivity index is 2.21. The van der Waals surface area contributed by atoms with E-state index in [2.05, 4.69) is 15.0 Å². The van der Waals surface area contributed by atoms with Crippen molar-refractivity contribution in [3.05, 3.63) is 53.5 Å². The number of benzene rings is 1. The number of carbonyl (C=O) groups is 1. The number of aromatic carboxylic acids is 1. The highest BCUT2D eigenvalue weighted by molar-refractivity contribution is 5.97. The SMILES string of the molecule is Cc1ccc(F)cc1-c1[nH]c(-c2ccnc(N)n2)cc1C(=O)O. The van der Waals surface area contributed by atoms with Gasteiger partial charge < -0.3 is 15.8 Å². The van der Waals surface area contributed by atoms with E-state index in [1.165, 1.54) is 24.4 Å². The van der Waals surface area contributed by atoms with Crippen LogP contribution in [0.3, 0.4) is 0 Å². The number of carboxylic acid groups (broad SMARTS) is 1. The molecular weight excluding hydrogens is 299 g/mol. The molecule has 0 saturated heterocycles. The highest BCUT2D eigenvalue weighted by Gasteiger charge is 2.19. The fourth-order valence-electron chi connectivity index (χ4n) is 2.36. The Morgan fingerprint density at radius 2 is 2.09 bits per heavy atom. The minimum Gasteiger partial charge on any atom is -0.478 e. The van der Waals surface area contributed by atoms with Crippen LogP contribution in [0.15, 0.2) is 36.5 Å². The topological polar surface area (TPSA) is 105 Å². The number of nitrogens with zero attached hydrogens (tertiary/aromatic N) is 2. The van der Waals surface area contributed by atoms with Crippen molar-refractivity contribution < 1.29 is 14.3 Å². The molecule has 0 aliphatic rings. The molecule has 4 N–H and O–H groups in total. The Kier molecular flexibility index (Phi) is 3.53. The van der Waals surface area contributed by atoms with Crippen molar-refractivity contribution in [2.24, 2.45) is 0 Å². The number of anilines is 1. The number of aromatic nitrogens is 3. The Bertz CT molecular complexity index is 905. The lowest BCUT2D eigenvalue weighted by Gasteiger charge is -2.06. The van der Waals surface area contributed by atoms with Crippen LogP contribution in [-0.4, -0.2) is 26.0 Å². The standard InChI is InChI=1S/C16H13FN4O2/c1-8-2-3-9(17)6-10(8)14-11(15(22)23)7-13(20-14)12-4-5-19-16(18)21-12/h2-7,20H,1H3,(H,22,23)(H2,18,19,21). The van der Waals surface area contributed by atoms with Crippen molar-refractivity contribution in [3.63, 3.8) is 0 Å². The summed E-state index contributed by atoms with van der Waals surface area (Å²) in [5.74, 6) is -1.48. The molecule has 0 spiro atoms. The zero-order valence-corrected chi connectivity index (χ0v) is 12.2. The number of nitrogens with two attached hydrogens (primary N) is 1. The van der Waals surface area contributed by atoms with Crippen LogP contribution in [0.2, 0.25) is 0 Å². The number of aromatic amines is 1. The van der Waals surface area contributed by atoms with Gasteiger partial charge in [0.25, 0.3) is 0 Å². The van der Waals surface area contributed by atoms with E-state index in [9.17, 15) is 14.3 Å². The molecule has 0 radical (unpaired) electrons. The third kappa shape index (κ3) is 2.76. The first-order chi connectivity index (χ1) is 11.0. The van der Waals surface area contributed by atoms with Gasteiger partial charge in [-0.05, 0) is 36.8 Å². The van der Waals surface area contributed by atoms with Crippen LogP contribution in [0.4, 0.5) is 10.3 Å². The fraction of sp³-hybridized carbons (Fsp3) is 0.0625. The Labute approximate surface area is 130 Å². The molecule has 3 aromatic rings. The maximum atomic E-state index is 13.5. The molecule has 2 aromatic heterocycles. The minimum atomic E-state index is -1.12. The normalized spacial score (nSPS) is 10.7. The highest BCUT2D eigenvalue weighted by Crippen LogP contribution is 2.31. The molecule has 1 aromatic carbocycles. The summed E-state index contributed by atoms with van der Waals surface area (Å²) in [4.78, 5) is 22.4. The number of hydrogen-bond donors (Lipinski definition) is 3. The lowest BCUT2D eigenvalue weighted by Crippen LogP contribution is -1.98. The predicted molar refractivity (Wildman–Crippen MR) is 83.3 cm³/mol. The van der Waals surface area contributed by atoms with Crippen molar-refractivity contribution in [3.8, 4) is 22.6 Å². The van der Waals surface area contributed by atoms with E-state index in [0.29, 0.717) is 22.6 Å². The van der Waals surface area contributed by atoms with Gasteiger partial charge in [-0.15, -0.1) is 0 Å². The number of hydrogen-bond acceptors (Lipinski definition) is 4. The second-order valence-electron chi connectivity index (χ2n) is 5.04. The first-order valence-corrected chi connectivity index (χ1v) is 6.77. The van der Waals surface area contributed by atoms with Gasteiger partial charge in [0.05, 0.1) is 22.6 Å². The molecule has 0 aliphatic carbocycles. The molecule has 0 amide bonds. The molecule has 116 valence electrons. The maximum absolute atomic E-state index is 13.5. The zero-order valence-electron chi connectivity index (χ0n) is 12.2. The molecule has 0 aliphatic heterocycles. The summed E-state index contributed by atoms with van der Waals surface area (Å²) in [6.07, 6.45) is 1.48. The molecule has 0 fully saturated rings. The van der Waals surface area contributed by atoms with Gasteiger partial charge in [0.2, 0.25) is 5.95 Å². The number of H-pyrrole nitrogens is 1. The van der Waals surface area contributed by atoms with Crippen LogP contribution >= 0.6 is 0 Å². The molecule has 0 atom stereocenters. The van der Waals surface area contributed by atoms with Crippen LogP contribution < -0.4 is 5.73 Å². The molecule has 7 heteroatoms. The van der Waals surface area contributed by atoms with Crippen LogP contribution in [-0.2, 0) is 0 Å². The third-order valence-electron chi connectivity index (χ3n) is 3.47. The lowest BCUT2D eigenvalue weighted by molar-refractivity contribution is 0.0698. The van der Waals surface area contributed by atoms with Gasteiger partial charge in [-0.25, -0.2) is 19.2 Å². The fourth-order valence-corrected chi connectivity index (χ4v) is 2.36. The summed E-state index contributed by atoms with van der Waals surface area (Å²) in [7, 11) is 0. The summed E-state index contributed by atoms with van der Waals surface area (Å²) in [5, 5.41) is 9.43. The zero-order chi connectivity index (χ0) is 16.6. The molecule has 0 bridgehead atoms. The Morgan fingerprint density at radius 3 is 2.78 bits per heavy atom. The van der Waals surface area contributed by atoms with E-state index in [1.807, 2.05) is 0 Å². The van der Waals surface area contributed by atoms with Gasteiger partial charge >= 0.3 is 5.97 Å². The third-order valence-corrected chi connectivity index (χ3v) is 3.47. The van der Waals surface area contributed by atoms with Crippen molar-refractivity contribution in [1.29, 1.82) is 0 Å². The van der Waals surface area contributed by atoms with E-state index < -0.39 is 11.8 Å². The van der Waals surface area contributed by atoms with E-state index >= 15 is 0 Å². The van der Waals surface area contributed by atoms with Crippen molar-refractivity contribution in [2.45, 2.75) is 6.92 Å². The smallest absolute Gasteiger partial charge is 0.337 e. The minimum absolute atomic E-state index is 0.0332. The predicted octanol–water partition coefficient (Wildman–Crippen LogP) is 2.87. The summed E-state index contributed by atoms with van der Waals surface area (Å²) >= 11 is 0. The molecule has 23 heavy (non-hydrogen) atoms. The summed E-state index contributed by atoms with van der Waals surface area (Å²) in [5.41, 5.74) is 8.07. The van der Waals surface area contributed by atoms with Gasteiger partial charge in [0, 0.05) is 11.8 Å². The van der Waals surface area contributed by atoms with E-state index in [0.717, 1.165) is 5.56 Å². The monoisotopic (exact) mass is 312 g/mol. The highest BCUT2D eigenvalue weighted by atomic mass is 19.1. The number of rotatable bonds is 3. The average molecular weight is 312 g/mol. The molecule has 3 rings (SSSR count). The Hall–Kier alpha value is -3.22. The number of nitrogens with one attached hydrogen (secondary N) is 1. The average Bonchev–Trinajstić information content (AvgIpc) is 2.95. The van der Waals surface area contributed by atoms with Crippen molar-refractivity contribution >= 4 is 11.9 Å². The van der Waals surface area contributed by atoms with Crippen LogP contribution in [0.1, 0.15) is 15.9 Å². The number of carboxylic acids is 1. The first-order valence-electron chi connectivity index (χ1n) is 6.77. The summed E-state index contributed by atoms with van der Waals surface area (Å²) in [6.45, 7) is 1.78. The van der Waals surface area contributed by atoms with Gasteiger partial charge in [-0.1, -0.05) is 6.07 Å². The van der Waals surface area contributed by atoms with Crippen LogP contribution in [0.5, 0.6) is 0 Å². The van der Waals surface area contributed by atoms with E-state index in [1.54, 1.807) is 19.1 Å². The number of aryl methyl sites for hydroxylation is 1. The molecule has 2 heterocycles. The van der Waals surface area contributed by atoms with Crippen LogP contribution in [0, 0.1) is 12.7 Å². The van der Waals surface area contributed by atoms with Gasteiger partial charge in [0.15, 0.2) is 0 Å². The summed E-state index contributed by atoms with van der Waals surface area (Å²) in [6, 6.07) is 7.28. The second-order valence-corrected chi connectivity index (χ2v) is 5.04. The molecule has 6 nitrogen and oxygen atoms in total. The Morgan fingerprint density at radius 1 is 1.30 bits per heavy atom.